The van der Waals surface area contributed by atoms with Crippen LogP contribution < -0.4 is 5.73 Å². The quantitative estimate of drug-likeness (QED) is 0.862. The first-order chi connectivity index (χ1) is 7.68. The lowest BCUT2D eigenvalue weighted by Gasteiger charge is -2.29. The molecule has 0 radical (unpaired) electrons. The largest absolute Gasteiger partial charge is 0.416 e. The third-order valence-corrected chi connectivity index (χ3v) is 2.85. The molecule has 0 heterocycles. The van der Waals surface area contributed by atoms with Crippen LogP contribution in [0.4, 0.5) is 13.2 Å². The summed E-state index contributed by atoms with van der Waals surface area (Å²) in [5.41, 5.74) is 5.21. The molecule has 1 aromatic carbocycles. The van der Waals surface area contributed by atoms with E-state index in [1.807, 2.05) is 0 Å². The van der Waals surface area contributed by atoms with Gasteiger partial charge >= 0.3 is 6.18 Å². The highest BCUT2D eigenvalue weighted by atomic mass is 19.4. The van der Waals surface area contributed by atoms with Gasteiger partial charge in [0.25, 0.3) is 0 Å². The zero-order chi connectivity index (χ0) is 13.3. The van der Waals surface area contributed by atoms with Crippen molar-refractivity contribution in [2.45, 2.75) is 26.1 Å². The fourth-order valence-corrected chi connectivity index (χ4v) is 1.43. The van der Waals surface area contributed by atoms with Crippen LogP contribution in [0, 0.1) is 5.41 Å². The highest BCUT2D eigenvalue weighted by Gasteiger charge is 2.31. The first-order valence-corrected chi connectivity index (χ1v) is 5.22. The summed E-state index contributed by atoms with van der Waals surface area (Å²) in [6, 6.07) is 4.20. The number of aliphatic hydroxyl groups is 1. The lowest BCUT2D eigenvalue weighted by Crippen LogP contribution is -2.32. The lowest BCUT2D eigenvalue weighted by molar-refractivity contribution is -0.137. The molecule has 0 aliphatic heterocycles. The van der Waals surface area contributed by atoms with Crippen molar-refractivity contribution in [2.24, 2.45) is 11.1 Å². The summed E-state index contributed by atoms with van der Waals surface area (Å²) in [5.74, 6) is 0. The van der Waals surface area contributed by atoms with Crippen molar-refractivity contribution in [1.29, 1.82) is 0 Å². The van der Waals surface area contributed by atoms with E-state index in [4.69, 9.17) is 10.8 Å². The molecule has 1 aromatic rings. The van der Waals surface area contributed by atoms with Gasteiger partial charge in [0.15, 0.2) is 0 Å². The molecular weight excluding hydrogens is 231 g/mol. The van der Waals surface area contributed by atoms with E-state index in [-0.39, 0.29) is 6.61 Å². The van der Waals surface area contributed by atoms with Crippen LogP contribution in [-0.2, 0) is 6.18 Å². The second-order valence-corrected chi connectivity index (χ2v) is 4.74. The molecule has 0 saturated heterocycles. The third kappa shape index (κ3) is 3.20. The zero-order valence-electron chi connectivity index (χ0n) is 9.75. The van der Waals surface area contributed by atoms with Gasteiger partial charge < -0.3 is 10.8 Å². The Hall–Kier alpha value is -1.07. The van der Waals surface area contributed by atoms with Gasteiger partial charge in [0.05, 0.1) is 5.56 Å². The summed E-state index contributed by atoms with van der Waals surface area (Å²) in [7, 11) is 0. The van der Waals surface area contributed by atoms with Gasteiger partial charge in [-0.15, -0.1) is 0 Å². The Bertz CT molecular complexity index is 370. The molecule has 0 unspecified atom stereocenters. The number of aliphatic hydroxyl groups excluding tert-OH is 1. The predicted octanol–water partition coefficient (Wildman–Crippen LogP) is 2.72. The zero-order valence-corrected chi connectivity index (χ0v) is 9.75. The maximum absolute atomic E-state index is 12.3. The Balaban J connectivity index is 2.96. The van der Waals surface area contributed by atoms with E-state index in [2.05, 4.69) is 0 Å². The smallest absolute Gasteiger partial charge is 0.396 e. The van der Waals surface area contributed by atoms with Crippen LogP contribution in [0.15, 0.2) is 24.3 Å². The van der Waals surface area contributed by atoms with Crippen LogP contribution in [-0.4, -0.2) is 11.7 Å². The van der Waals surface area contributed by atoms with Crippen molar-refractivity contribution < 1.29 is 18.3 Å². The molecule has 2 nitrogen and oxygen atoms in total. The molecule has 3 N–H and O–H groups in total. The Morgan fingerprint density at radius 3 is 2.00 bits per heavy atom. The normalized spacial score (nSPS) is 14.8. The number of hydrogen-bond donors (Lipinski definition) is 2. The highest BCUT2D eigenvalue weighted by molar-refractivity contribution is 5.27. The van der Waals surface area contributed by atoms with E-state index < -0.39 is 23.2 Å². The number of benzene rings is 1. The summed E-state index contributed by atoms with van der Waals surface area (Å²) in [4.78, 5) is 0. The van der Waals surface area contributed by atoms with Gasteiger partial charge in [-0.25, -0.2) is 0 Å². The maximum Gasteiger partial charge on any atom is 0.416 e. The van der Waals surface area contributed by atoms with Crippen LogP contribution in [0.1, 0.15) is 31.0 Å². The van der Waals surface area contributed by atoms with Gasteiger partial charge in [-0.1, -0.05) is 26.0 Å². The van der Waals surface area contributed by atoms with Crippen molar-refractivity contribution in [3.05, 3.63) is 35.4 Å². The number of nitrogens with two attached hydrogens (primary N) is 1. The SMILES string of the molecule is CC(C)(CO)[C@@H](N)c1ccc(C(F)(F)F)cc1. The standard InChI is InChI=1S/C12H16F3NO/c1-11(2,7-17)10(16)8-3-5-9(6-4-8)12(13,14)15/h3-6,10,17H,7,16H2,1-2H3/t10-/m0/s1. The van der Waals surface area contributed by atoms with Crippen molar-refractivity contribution >= 4 is 0 Å². The Kier molecular flexibility index (Phi) is 3.84. The molecule has 0 fully saturated rings. The van der Waals surface area contributed by atoms with Gasteiger partial charge in [-0.05, 0) is 17.7 Å². The molecule has 0 amide bonds. The van der Waals surface area contributed by atoms with E-state index in [0.29, 0.717) is 5.56 Å². The summed E-state index contributed by atoms with van der Waals surface area (Å²) >= 11 is 0. The van der Waals surface area contributed by atoms with Crippen LogP contribution in [0.3, 0.4) is 0 Å². The minimum atomic E-state index is -4.34. The Labute approximate surface area is 98.3 Å². The third-order valence-electron chi connectivity index (χ3n) is 2.85. The van der Waals surface area contributed by atoms with Gasteiger partial charge in [-0.3, -0.25) is 0 Å². The highest BCUT2D eigenvalue weighted by Crippen LogP contribution is 2.33. The minimum Gasteiger partial charge on any atom is -0.396 e. The van der Waals surface area contributed by atoms with Crippen molar-refractivity contribution in [2.75, 3.05) is 6.61 Å². The van der Waals surface area contributed by atoms with E-state index in [1.54, 1.807) is 13.8 Å². The number of halogens is 3. The average Bonchev–Trinajstić information content (AvgIpc) is 2.27. The molecule has 96 valence electrons. The summed E-state index contributed by atoms with van der Waals surface area (Å²) < 4.78 is 37.0. The number of hydrogen-bond acceptors (Lipinski definition) is 2. The van der Waals surface area contributed by atoms with Crippen molar-refractivity contribution in [3.8, 4) is 0 Å². The van der Waals surface area contributed by atoms with Crippen LogP contribution in [0.25, 0.3) is 0 Å². The average molecular weight is 247 g/mol. The van der Waals surface area contributed by atoms with E-state index in [9.17, 15) is 13.2 Å². The summed E-state index contributed by atoms with van der Waals surface area (Å²) in [6.07, 6.45) is -4.34. The monoisotopic (exact) mass is 247 g/mol. The van der Waals surface area contributed by atoms with Crippen LogP contribution in [0.5, 0.6) is 0 Å². The lowest BCUT2D eigenvalue weighted by atomic mass is 9.81. The van der Waals surface area contributed by atoms with Gasteiger partial charge in [0.2, 0.25) is 0 Å². The fourth-order valence-electron chi connectivity index (χ4n) is 1.43. The second-order valence-electron chi connectivity index (χ2n) is 4.74. The molecule has 0 spiro atoms. The molecule has 0 saturated carbocycles. The molecule has 1 atom stereocenters. The molecule has 1 rings (SSSR count). The van der Waals surface area contributed by atoms with Gasteiger partial charge in [0, 0.05) is 18.1 Å². The van der Waals surface area contributed by atoms with E-state index >= 15 is 0 Å². The molecule has 0 aliphatic rings. The topological polar surface area (TPSA) is 46.2 Å². The molecule has 0 aliphatic carbocycles. The molecule has 0 aromatic heterocycles. The van der Waals surface area contributed by atoms with Crippen LogP contribution >= 0.6 is 0 Å². The summed E-state index contributed by atoms with van der Waals surface area (Å²) in [5, 5.41) is 9.15. The molecule has 0 bridgehead atoms. The Morgan fingerprint density at radius 2 is 1.65 bits per heavy atom. The molecular formula is C12H16F3NO. The first kappa shape index (κ1) is 14.0. The second kappa shape index (κ2) is 4.66. The molecule has 5 heteroatoms. The van der Waals surface area contributed by atoms with E-state index in [1.165, 1.54) is 12.1 Å². The molecule has 17 heavy (non-hydrogen) atoms. The van der Waals surface area contributed by atoms with Crippen LogP contribution in [0.2, 0.25) is 0 Å². The maximum atomic E-state index is 12.3. The summed E-state index contributed by atoms with van der Waals surface area (Å²) in [6.45, 7) is 3.39. The Morgan fingerprint density at radius 1 is 1.18 bits per heavy atom. The number of alkyl halides is 3. The van der Waals surface area contributed by atoms with Gasteiger partial charge in [0.1, 0.15) is 0 Å². The van der Waals surface area contributed by atoms with Gasteiger partial charge in [-0.2, -0.15) is 13.2 Å². The van der Waals surface area contributed by atoms with Crippen molar-refractivity contribution in [3.63, 3.8) is 0 Å². The minimum absolute atomic E-state index is 0.130. The number of rotatable bonds is 3. The van der Waals surface area contributed by atoms with Crippen molar-refractivity contribution in [1.82, 2.24) is 0 Å². The van der Waals surface area contributed by atoms with E-state index in [0.717, 1.165) is 12.1 Å². The first-order valence-electron chi connectivity index (χ1n) is 5.22. The fraction of sp³-hybridized carbons (Fsp3) is 0.500. The predicted molar refractivity (Wildman–Crippen MR) is 59.2 cm³/mol.